The van der Waals surface area contributed by atoms with Crippen molar-refractivity contribution in [3.63, 3.8) is 0 Å². The van der Waals surface area contributed by atoms with Gasteiger partial charge in [0.25, 0.3) is 0 Å². The Balaban J connectivity index is 1.40. The lowest BCUT2D eigenvalue weighted by Gasteiger charge is -2.31. The Labute approximate surface area is 182 Å². The molecule has 0 N–H and O–H groups in total. The fourth-order valence-electron chi connectivity index (χ4n) is 4.66. The van der Waals surface area contributed by atoms with Gasteiger partial charge in [0.1, 0.15) is 0 Å². The van der Waals surface area contributed by atoms with E-state index in [1.807, 2.05) is 17.9 Å². The average Bonchev–Trinajstić information content (AvgIpc) is 3.16. The number of benzene rings is 1. The molecule has 1 aromatic carbocycles. The quantitative estimate of drug-likeness (QED) is 0.502. The van der Waals surface area contributed by atoms with Crippen LogP contribution < -0.4 is 0 Å². The molecule has 2 aromatic rings. The molecule has 6 nitrogen and oxygen atoms in total. The Bertz CT molecular complexity index is 883. The van der Waals surface area contributed by atoms with E-state index in [4.69, 9.17) is 9.72 Å². The minimum absolute atomic E-state index is 0.0721. The van der Waals surface area contributed by atoms with E-state index in [1.165, 1.54) is 37.6 Å². The van der Waals surface area contributed by atoms with Crippen LogP contribution in [-0.4, -0.2) is 51.8 Å². The first-order valence-electron chi connectivity index (χ1n) is 11.2. The van der Waals surface area contributed by atoms with Crippen LogP contribution in [-0.2, 0) is 14.3 Å². The summed E-state index contributed by atoms with van der Waals surface area (Å²) in [7, 11) is 0. The molecule has 7 heteroatoms. The number of piperidine rings is 1. The summed E-state index contributed by atoms with van der Waals surface area (Å²) in [6, 6.07) is 8.76. The van der Waals surface area contributed by atoms with Crippen LogP contribution in [0.5, 0.6) is 0 Å². The summed E-state index contributed by atoms with van der Waals surface area (Å²) in [6.45, 7) is 3.49. The van der Waals surface area contributed by atoms with E-state index in [1.54, 1.807) is 11.8 Å². The van der Waals surface area contributed by atoms with E-state index in [9.17, 15) is 9.59 Å². The van der Waals surface area contributed by atoms with Gasteiger partial charge in [0, 0.05) is 19.1 Å². The smallest absolute Gasteiger partial charge is 0.309 e. The first-order chi connectivity index (χ1) is 14.7. The van der Waals surface area contributed by atoms with E-state index in [-0.39, 0.29) is 17.8 Å². The number of imidazole rings is 1. The number of nitrogens with zero attached hydrogens (tertiary/aromatic N) is 3. The predicted octanol–water partition coefficient (Wildman–Crippen LogP) is 4.44. The number of esters is 1. The van der Waals surface area contributed by atoms with Crippen molar-refractivity contribution in [2.75, 3.05) is 25.4 Å². The van der Waals surface area contributed by atoms with Crippen LogP contribution in [0.1, 0.15) is 57.9 Å². The minimum Gasteiger partial charge on any atom is -0.466 e. The number of carbonyl (C=O) groups is 2. The molecule has 4 rings (SSSR count). The molecule has 1 amide bonds. The highest BCUT2D eigenvalue weighted by molar-refractivity contribution is 7.99. The lowest BCUT2D eigenvalue weighted by molar-refractivity contribution is -0.151. The molecule has 1 saturated carbocycles. The second kappa shape index (κ2) is 9.86. The largest absolute Gasteiger partial charge is 0.466 e. The van der Waals surface area contributed by atoms with Crippen molar-refractivity contribution in [1.29, 1.82) is 0 Å². The van der Waals surface area contributed by atoms with Crippen LogP contribution in [0.2, 0.25) is 0 Å². The third-order valence-corrected chi connectivity index (χ3v) is 7.23. The van der Waals surface area contributed by atoms with E-state index in [2.05, 4.69) is 22.8 Å². The van der Waals surface area contributed by atoms with Gasteiger partial charge in [-0.3, -0.25) is 9.59 Å². The molecule has 162 valence electrons. The molecule has 1 aromatic heterocycles. The maximum Gasteiger partial charge on any atom is 0.309 e. The summed E-state index contributed by atoms with van der Waals surface area (Å²) in [5.41, 5.74) is 2.18. The highest BCUT2D eigenvalue weighted by Gasteiger charge is 2.29. The molecule has 2 aliphatic rings. The highest BCUT2D eigenvalue weighted by Crippen LogP contribution is 2.35. The van der Waals surface area contributed by atoms with E-state index < -0.39 is 0 Å². The monoisotopic (exact) mass is 429 g/mol. The van der Waals surface area contributed by atoms with Crippen molar-refractivity contribution in [3.05, 3.63) is 24.3 Å². The molecule has 0 unspecified atom stereocenters. The molecule has 1 aliphatic heterocycles. The molecule has 0 bridgehead atoms. The number of fused-ring (bicyclic) bond motifs is 1. The minimum atomic E-state index is -0.125. The van der Waals surface area contributed by atoms with Gasteiger partial charge in [-0.05, 0) is 44.7 Å². The molecule has 1 saturated heterocycles. The number of hydrogen-bond acceptors (Lipinski definition) is 5. The summed E-state index contributed by atoms with van der Waals surface area (Å²) < 4.78 is 7.50. The average molecular weight is 430 g/mol. The number of thioether (sulfide) groups is 1. The molecule has 0 spiro atoms. The number of aromatic nitrogens is 2. The molecule has 30 heavy (non-hydrogen) atoms. The van der Waals surface area contributed by atoms with Crippen LogP contribution >= 0.6 is 11.8 Å². The lowest BCUT2D eigenvalue weighted by atomic mass is 9.95. The van der Waals surface area contributed by atoms with Crippen molar-refractivity contribution in [2.45, 2.75) is 63.1 Å². The summed E-state index contributed by atoms with van der Waals surface area (Å²) >= 11 is 1.55. The number of ether oxygens (including phenoxy) is 1. The van der Waals surface area contributed by atoms with Crippen LogP contribution in [0.25, 0.3) is 11.0 Å². The first-order valence-corrected chi connectivity index (χ1v) is 12.2. The molecule has 1 aliphatic carbocycles. The summed E-state index contributed by atoms with van der Waals surface area (Å²) in [5, 5.41) is 0.956. The third-order valence-electron chi connectivity index (χ3n) is 6.30. The number of para-hydroxylation sites is 2. The Hall–Kier alpha value is -2.02. The van der Waals surface area contributed by atoms with E-state index in [0.717, 1.165) is 10.7 Å². The van der Waals surface area contributed by atoms with Crippen LogP contribution in [0.15, 0.2) is 29.4 Å². The normalized spacial score (nSPS) is 18.6. The predicted molar refractivity (Wildman–Crippen MR) is 119 cm³/mol. The Kier molecular flexibility index (Phi) is 6.97. The van der Waals surface area contributed by atoms with Crippen molar-refractivity contribution in [2.24, 2.45) is 5.92 Å². The zero-order chi connectivity index (χ0) is 20.9. The second-order valence-corrected chi connectivity index (χ2v) is 9.18. The summed E-state index contributed by atoms with van der Waals surface area (Å²) in [5.74, 6) is 0.321. The SMILES string of the molecule is CCOC(=O)C1CCN(C(=O)CSc2nc3ccccc3n2C2CCCCC2)CC1. The fraction of sp³-hybridized carbons (Fsp3) is 0.609. The van der Waals surface area contributed by atoms with E-state index in [0.29, 0.717) is 44.3 Å². The van der Waals surface area contributed by atoms with Crippen molar-refractivity contribution >= 4 is 34.7 Å². The van der Waals surface area contributed by atoms with Gasteiger partial charge < -0.3 is 14.2 Å². The van der Waals surface area contributed by atoms with Gasteiger partial charge >= 0.3 is 5.97 Å². The molecule has 2 heterocycles. The van der Waals surface area contributed by atoms with Crippen LogP contribution in [0, 0.1) is 5.92 Å². The topological polar surface area (TPSA) is 64.4 Å². The van der Waals surface area contributed by atoms with Gasteiger partial charge in [0.05, 0.1) is 29.3 Å². The third kappa shape index (κ3) is 4.66. The highest BCUT2D eigenvalue weighted by atomic mass is 32.2. The zero-order valence-electron chi connectivity index (χ0n) is 17.7. The summed E-state index contributed by atoms with van der Waals surface area (Å²) in [6.07, 6.45) is 7.58. The van der Waals surface area contributed by atoms with Crippen LogP contribution in [0.3, 0.4) is 0 Å². The summed E-state index contributed by atoms with van der Waals surface area (Å²) in [4.78, 5) is 31.5. The van der Waals surface area contributed by atoms with Gasteiger partial charge in [-0.1, -0.05) is 43.2 Å². The Morgan fingerprint density at radius 2 is 1.83 bits per heavy atom. The number of amides is 1. The van der Waals surface area contributed by atoms with E-state index >= 15 is 0 Å². The zero-order valence-corrected chi connectivity index (χ0v) is 18.5. The number of rotatable bonds is 6. The number of carbonyl (C=O) groups excluding carboxylic acids is 2. The van der Waals surface area contributed by atoms with Crippen molar-refractivity contribution in [1.82, 2.24) is 14.5 Å². The molecule has 0 atom stereocenters. The molecular formula is C23H31N3O3S. The number of hydrogen-bond donors (Lipinski definition) is 0. The Morgan fingerprint density at radius 3 is 2.57 bits per heavy atom. The maximum absolute atomic E-state index is 12.8. The molecule has 0 radical (unpaired) electrons. The maximum atomic E-state index is 12.8. The molecular weight excluding hydrogens is 398 g/mol. The molecule has 2 fully saturated rings. The van der Waals surface area contributed by atoms with Gasteiger partial charge in [-0.25, -0.2) is 4.98 Å². The van der Waals surface area contributed by atoms with Gasteiger partial charge in [-0.15, -0.1) is 0 Å². The Morgan fingerprint density at radius 1 is 1.10 bits per heavy atom. The van der Waals surface area contributed by atoms with Crippen LogP contribution in [0.4, 0.5) is 0 Å². The van der Waals surface area contributed by atoms with Gasteiger partial charge in [-0.2, -0.15) is 0 Å². The lowest BCUT2D eigenvalue weighted by Crippen LogP contribution is -2.41. The first kappa shape index (κ1) is 21.2. The second-order valence-electron chi connectivity index (χ2n) is 8.24. The standard InChI is InChI=1S/C23H31N3O3S/c1-2-29-22(28)17-12-14-25(15-13-17)21(27)16-30-23-24-19-10-6-7-11-20(19)26(23)18-8-4-3-5-9-18/h6-7,10-11,17-18H,2-5,8-9,12-16H2,1H3. The van der Waals surface area contributed by atoms with Gasteiger partial charge in [0.15, 0.2) is 5.16 Å². The fourth-order valence-corrected chi connectivity index (χ4v) is 5.64. The number of likely N-dealkylation sites (tertiary alicyclic amines) is 1. The van der Waals surface area contributed by atoms with Crippen molar-refractivity contribution < 1.29 is 14.3 Å². The van der Waals surface area contributed by atoms with Crippen molar-refractivity contribution in [3.8, 4) is 0 Å². The van der Waals surface area contributed by atoms with Gasteiger partial charge in [0.2, 0.25) is 5.91 Å².